The van der Waals surface area contributed by atoms with Gasteiger partial charge in [-0.05, 0) is 25.3 Å². The van der Waals surface area contributed by atoms with Crippen LogP contribution in [0.25, 0.3) is 0 Å². The molecular weight excluding hydrogens is 214 g/mol. The Balaban J connectivity index is 1.97. The molecule has 0 radical (unpaired) electrons. The molecule has 1 aromatic rings. The topological polar surface area (TPSA) is 42.2 Å². The summed E-state index contributed by atoms with van der Waals surface area (Å²) in [6.45, 7) is 11.7. The molecule has 0 aromatic carbocycles. The maximum Gasteiger partial charge on any atom is 0.230 e. The Hall–Kier alpha value is -0.900. The van der Waals surface area contributed by atoms with Crippen molar-refractivity contribution in [2.45, 2.75) is 52.5 Å². The Bertz CT molecular complexity index is 367. The lowest BCUT2D eigenvalue weighted by Gasteiger charge is -2.29. The van der Waals surface area contributed by atoms with E-state index in [9.17, 15) is 0 Å². The summed E-state index contributed by atoms with van der Waals surface area (Å²) in [6, 6.07) is 0. The third-order valence-corrected chi connectivity index (χ3v) is 3.21. The van der Waals surface area contributed by atoms with E-state index in [0.717, 1.165) is 37.3 Å². The maximum absolute atomic E-state index is 5.72. The minimum atomic E-state index is -0.0551. The summed E-state index contributed by atoms with van der Waals surface area (Å²) in [5, 5.41) is 8.27. The van der Waals surface area contributed by atoms with Crippen LogP contribution >= 0.6 is 0 Å². The number of hydrogen-bond acceptors (Lipinski definition) is 4. The van der Waals surface area contributed by atoms with Crippen LogP contribution in [0.15, 0.2) is 4.42 Å². The molecule has 17 heavy (non-hydrogen) atoms. The van der Waals surface area contributed by atoms with Gasteiger partial charge >= 0.3 is 0 Å². The number of rotatable bonds is 2. The van der Waals surface area contributed by atoms with E-state index in [1.54, 1.807) is 0 Å². The molecule has 0 amide bonds. The van der Waals surface area contributed by atoms with Gasteiger partial charge in [0.15, 0.2) is 0 Å². The van der Waals surface area contributed by atoms with Crippen molar-refractivity contribution >= 4 is 0 Å². The first-order chi connectivity index (χ1) is 7.95. The predicted molar refractivity (Wildman–Crippen MR) is 66.7 cm³/mol. The fourth-order valence-electron chi connectivity index (χ4n) is 2.24. The SMILES string of the molecule is CC1CCCN(Cc2nnc(C(C)(C)C)o2)C1. The second-order valence-electron chi connectivity index (χ2n) is 6.23. The summed E-state index contributed by atoms with van der Waals surface area (Å²) in [4.78, 5) is 2.41. The fraction of sp³-hybridized carbons (Fsp3) is 0.846. The largest absolute Gasteiger partial charge is 0.423 e. The average Bonchev–Trinajstić information content (AvgIpc) is 2.65. The van der Waals surface area contributed by atoms with Crippen molar-refractivity contribution in [3.63, 3.8) is 0 Å². The van der Waals surface area contributed by atoms with Gasteiger partial charge < -0.3 is 4.42 Å². The van der Waals surface area contributed by atoms with Gasteiger partial charge in [0.05, 0.1) is 6.54 Å². The molecule has 0 bridgehead atoms. The van der Waals surface area contributed by atoms with Crippen LogP contribution < -0.4 is 0 Å². The Labute approximate surface area is 103 Å². The molecule has 0 saturated carbocycles. The molecule has 1 unspecified atom stereocenters. The van der Waals surface area contributed by atoms with E-state index < -0.39 is 0 Å². The smallest absolute Gasteiger partial charge is 0.230 e. The van der Waals surface area contributed by atoms with Gasteiger partial charge in [-0.1, -0.05) is 27.7 Å². The number of piperidine rings is 1. The first-order valence-electron chi connectivity index (χ1n) is 6.50. The van der Waals surface area contributed by atoms with Gasteiger partial charge in [0.25, 0.3) is 0 Å². The third-order valence-electron chi connectivity index (χ3n) is 3.21. The van der Waals surface area contributed by atoms with Gasteiger partial charge in [0.1, 0.15) is 0 Å². The molecule has 0 N–H and O–H groups in total. The first-order valence-corrected chi connectivity index (χ1v) is 6.50. The molecule has 4 nitrogen and oxygen atoms in total. The first kappa shape index (κ1) is 12.6. The zero-order valence-corrected chi connectivity index (χ0v) is 11.4. The van der Waals surface area contributed by atoms with Gasteiger partial charge in [-0.2, -0.15) is 0 Å². The van der Waals surface area contributed by atoms with E-state index in [-0.39, 0.29) is 5.41 Å². The minimum absolute atomic E-state index is 0.0551. The van der Waals surface area contributed by atoms with Crippen LogP contribution in [0.5, 0.6) is 0 Å². The molecule has 1 aliphatic heterocycles. The number of likely N-dealkylation sites (tertiary alicyclic amines) is 1. The standard InChI is InChI=1S/C13H23N3O/c1-10-6-5-7-16(8-10)9-11-14-15-12(17-11)13(2,3)4/h10H,5-9H2,1-4H3. The summed E-state index contributed by atoms with van der Waals surface area (Å²) in [5.41, 5.74) is -0.0551. The second-order valence-corrected chi connectivity index (χ2v) is 6.23. The zero-order chi connectivity index (χ0) is 12.5. The second kappa shape index (κ2) is 4.77. The highest BCUT2D eigenvalue weighted by atomic mass is 16.4. The van der Waals surface area contributed by atoms with E-state index >= 15 is 0 Å². The van der Waals surface area contributed by atoms with Crippen molar-refractivity contribution in [3.8, 4) is 0 Å². The Morgan fingerprint density at radius 2 is 2.12 bits per heavy atom. The highest BCUT2D eigenvalue weighted by Crippen LogP contribution is 2.22. The van der Waals surface area contributed by atoms with Crippen molar-refractivity contribution in [1.29, 1.82) is 0 Å². The normalized spacial score (nSPS) is 22.9. The van der Waals surface area contributed by atoms with Gasteiger partial charge in [0, 0.05) is 12.0 Å². The summed E-state index contributed by atoms with van der Waals surface area (Å²) in [5.74, 6) is 2.27. The molecule has 1 aromatic heterocycles. The van der Waals surface area contributed by atoms with E-state index in [4.69, 9.17) is 4.42 Å². The summed E-state index contributed by atoms with van der Waals surface area (Å²) in [7, 11) is 0. The lowest BCUT2D eigenvalue weighted by Crippen LogP contribution is -2.33. The van der Waals surface area contributed by atoms with E-state index in [1.165, 1.54) is 12.8 Å². The molecule has 2 heterocycles. The van der Waals surface area contributed by atoms with Crippen LogP contribution in [0.2, 0.25) is 0 Å². The average molecular weight is 237 g/mol. The summed E-state index contributed by atoms with van der Waals surface area (Å²) in [6.07, 6.45) is 2.62. The Morgan fingerprint density at radius 1 is 1.35 bits per heavy atom. The molecule has 1 aliphatic rings. The molecule has 2 rings (SSSR count). The van der Waals surface area contributed by atoms with E-state index in [1.807, 2.05) is 0 Å². The number of nitrogens with zero attached hydrogens (tertiary/aromatic N) is 3. The van der Waals surface area contributed by atoms with Crippen LogP contribution in [0.4, 0.5) is 0 Å². The predicted octanol–water partition coefficient (Wildman–Crippen LogP) is 2.60. The van der Waals surface area contributed by atoms with Crippen LogP contribution in [-0.4, -0.2) is 28.2 Å². The number of hydrogen-bond donors (Lipinski definition) is 0. The molecule has 0 spiro atoms. The van der Waals surface area contributed by atoms with Gasteiger partial charge in [-0.25, -0.2) is 0 Å². The van der Waals surface area contributed by atoms with Crippen LogP contribution in [0.1, 0.15) is 52.3 Å². The third kappa shape index (κ3) is 3.28. The molecule has 1 saturated heterocycles. The lowest BCUT2D eigenvalue weighted by atomic mass is 9.97. The molecule has 4 heteroatoms. The Kier molecular flexibility index (Phi) is 3.52. The quantitative estimate of drug-likeness (QED) is 0.793. The molecule has 0 aliphatic carbocycles. The van der Waals surface area contributed by atoms with Crippen LogP contribution in [-0.2, 0) is 12.0 Å². The maximum atomic E-state index is 5.72. The van der Waals surface area contributed by atoms with Crippen LogP contribution in [0, 0.1) is 5.92 Å². The van der Waals surface area contributed by atoms with Gasteiger partial charge in [-0.15, -0.1) is 10.2 Å². The molecule has 96 valence electrons. The van der Waals surface area contributed by atoms with Crippen molar-refractivity contribution in [1.82, 2.24) is 15.1 Å². The monoisotopic (exact) mass is 237 g/mol. The van der Waals surface area contributed by atoms with Crippen molar-refractivity contribution in [3.05, 3.63) is 11.8 Å². The van der Waals surface area contributed by atoms with Crippen molar-refractivity contribution in [2.75, 3.05) is 13.1 Å². The van der Waals surface area contributed by atoms with Gasteiger partial charge in [-0.3, -0.25) is 4.90 Å². The zero-order valence-electron chi connectivity index (χ0n) is 11.4. The molecule has 1 atom stereocenters. The summed E-state index contributed by atoms with van der Waals surface area (Å²) >= 11 is 0. The van der Waals surface area contributed by atoms with Crippen molar-refractivity contribution < 1.29 is 4.42 Å². The molecule has 1 fully saturated rings. The fourth-order valence-corrected chi connectivity index (χ4v) is 2.24. The highest BCUT2D eigenvalue weighted by molar-refractivity contribution is 4.96. The lowest BCUT2D eigenvalue weighted by molar-refractivity contribution is 0.160. The van der Waals surface area contributed by atoms with E-state index in [0.29, 0.717) is 0 Å². The Morgan fingerprint density at radius 3 is 2.71 bits per heavy atom. The highest BCUT2D eigenvalue weighted by Gasteiger charge is 2.23. The number of aromatic nitrogens is 2. The minimum Gasteiger partial charge on any atom is -0.423 e. The van der Waals surface area contributed by atoms with E-state index in [2.05, 4.69) is 42.8 Å². The summed E-state index contributed by atoms with van der Waals surface area (Å²) < 4.78 is 5.72. The molecular formula is C13H23N3O. The van der Waals surface area contributed by atoms with Crippen LogP contribution in [0.3, 0.4) is 0 Å². The van der Waals surface area contributed by atoms with Crippen molar-refractivity contribution in [2.24, 2.45) is 5.92 Å². The van der Waals surface area contributed by atoms with Gasteiger partial charge in [0.2, 0.25) is 11.8 Å².